The zero-order valence-corrected chi connectivity index (χ0v) is 15.3. The molecule has 0 saturated carbocycles. The van der Waals surface area contributed by atoms with E-state index in [4.69, 9.17) is 4.42 Å². The van der Waals surface area contributed by atoms with Crippen LogP contribution in [0.3, 0.4) is 0 Å². The van der Waals surface area contributed by atoms with Crippen LogP contribution in [0.15, 0.2) is 57.6 Å². The number of hydrogen-bond donors (Lipinski definition) is 1. The molecular weight excluding hydrogens is 372 g/mol. The third-order valence-corrected chi connectivity index (χ3v) is 5.72. The molecule has 9 heteroatoms. The predicted octanol–water partition coefficient (Wildman–Crippen LogP) is 3.36. The molecule has 7 nitrogen and oxygen atoms in total. The molecule has 0 aliphatic rings. The van der Waals surface area contributed by atoms with Gasteiger partial charge in [-0.15, -0.1) is 11.3 Å². The number of rotatable bonds is 5. The standard InChI is InChI=1S/C17H14N4O3S2/c1-26(22,23)12-4-5-14-13(7-12)16(20-10-19-14)18-8-11-9-24-17(21-11)15-3-2-6-25-15/h2-7,9-10H,8H2,1H3,(H,18,19,20). The molecule has 0 fully saturated rings. The van der Waals surface area contributed by atoms with Crippen molar-refractivity contribution in [2.24, 2.45) is 0 Å². The Balaban J connectivity index is 1.61. The SMILES string of the molecule is CS(=O)(=O)c1ccc2ncnc(NCc3coc(-c4cccs4)n3)c2c1. The molecule has 0 unspecified atom stereocenters. The lowest BCUT2D eigenvalue weighted by molar-refractivity contribution is 0.574. The van der Waals surface area contributed by atoms with E-state index in [9.17, 15) is 8.42 Å². The van der Waals surface area contributed by atoms with Gasteiger partial charge in [-0.1, -0.05) is 6.07 Å². The molecule has 0 amide bonds. The van der Waals surface area contributed by atoms with Crippen LogP contribution in [-0.4, -0.2) is 29.6 Å². The van der Waals surface area contributed by atoms with Crippen molar-refractivity contribution >= 4 is 37.9 Å². The fraction of sp³-hybridized carbons (Fsp3) is 0.118. The molecule has 132 valence electrons. The number of aromatic nitrogens is 3. The van der Waals surface area contributed by atoms with Gasteiger partial charge in [0.15, 0.2) is 9.84 Å². The number of thiophene rings is 1. The molecule has 3 aromatic heterocycles. The van der Waals surface area contributed by atoms with E-state index >= 15 is 0 Å². The lowest BCUT2D eigenvalue weighted by atomic mass is 10.2. The average Bonchev–Trinajstić information content (AvgIpc) is 3.30. The van der Waals surface area contributed by atoms with Crippen LogP contribution in [-0.2, 0) is 16.4 Å². The van der Waals surface area contributed by atoms with E-state index in [2.05, 4.69) is 20.3 Å². The number of hydrogen-bond acceptors (Lipinski definition) is 8. The average molecular weight is 386 g/mol. The molecule has 26 heavy (non-hydrogen) atoms. The largest absolute Gasteiger partial charge is 0.443 e. The van der Waals surface area contributed by atoms with Gasteiger partial charge in [0.05, 0.1) is 27.5 Å². The first-order valence-electron chi connectivity index (χ1n) is 7.68. The first-order chi connectivity index (χ1) is 12.5. The van der Waals surface area contributed by atoms with Gasteiger partial charge < -0.3 is 9.73 Å². The fourth-order valence-electron chi connectivity index (χ4n) is 2.48. The Labute approximate surface area is 153 Å². The topological polar surface area (TPSA) is 98.0 Å². The Morgan fingerprint density at radius 1 is 1.23 bits per heavy atom. The van der Waals surface area contributed by atoms with Crippen LogP contribution >= 0.6 is 11.3 Å². The van der Waals surface area contributed by atoms with Crippen molar-refractivity contribution in [2.45, 2.75) is 11.4 Å². The van der Waals surface area contributed by atoms with E-state index in [0.29, 0.717) is 29.2 Å². The van der Waals surface area contributed by atoms with Crippen LogP contribution in [0, 0.1) is 0 Å². The second-order valence-corrected chi connectivity index (χ2v) is 8.61. The number of fused-ring (bicyclic) bond motifs is 1. The normalized spacial score (nSPS) is 11.7. The second kappa shape index (κ2) is 6.50. The maximum atomic E-state index is 11.8. The monoisotopic (exact) mass is 386 g/mol. The van der Waals surface area contributed by atoms with Crippen LogP contribution in [0.25, 0.3) is 21.7 Å². The lowest BCUT2D eigenvalue weighted by Crippen LogP contribution is -2.04. The highest BCUT2D eigenvalue weighted by molar-refractivity contribution is 7.90. The van der Waals surface area contributed by atoms with E-state index in [1.807, 2.05) is 17.5 Å². The molecule has 0 bridgehead atoms. The van der Waals surface area contributed by atoms with E-state index in [1.54, 1.807) is 35.8 Å². The van der Waals surface area contributed by atoms with Crippen LogP contribution in [0.1, 0.15) is 5.69 Å². The van der Waals surface area contributed by atoms with E-state index in [0.717, 1.165) is 10.6 Å². The summed E-state index contributed by atoms with van der Waals surface area (Å²) in [5.41, 5.74) is 1.38. The van der Waals surface area contributed by atoms with Crippen LogP contribution in [0.4, 0.5) is 5.82 Å². The predicted molar refractivity (Wildman–Crippen MR) is 99.8 cm³/mol. The molecule has 1 N–H and O–H groups in total. The minimum absolute atomic E-state index is 0.226. The third kappa shape index (κ3) is 3.31. The summed E-state index contributed by atoms with van der Waals surface area (Å²) >= 11 is 1.56. The van der Waals surface area contributed by atoms with Gasteiger partial charge in [-0.3, -0.25) is 0 Å². The summed E-state index contributed by atoms with van der Waals surface area (Å²) in [5, 5.41) is 5.77. The van der Waals surface area contributed by atoms with Gasteiger partial charge >= 0.3 is 0 Å². The summed E-state index contributed by atoms with van der Waals surface area (Å²) in [5.74, 6) is 1.12. The zero-order valence-electron chi connectivity index (χ0n) is 13.7. The Hall–Kier alpha value is -2.78. The summed E-state index contributed by atoms with van der Waals surface area (Å²) < 4.78 is 29.1. The van der Waals surface area contributed by atoms with Crippen molar-refractivity contribution in [1.29, 1.82) is 0 Å². The van der Waals surface area contributed by atoms with Crippen molar-refractivity contribution in [1.82, 2.24) is 15.0 Å². The van der Waals surface area contributed by atoms with Crippen LogP contribution in [0.5, 0.6) is 0 Å². The van der Waals surface area contributed by atoms with Gasteiger partial charge in [-0.25, -0.2) is 23.4 Å². The van der Waals surface area contributed by atoms with Crippen molar-refractivity contribution in [3.63, 3.8) is 0 Å². The van der Waals surface area contributed by atoms with E-state index in [1.165, 1.54) is 12.6 Å². The number of oxazole rings is 1. The van der Waals surface area contributed by atoms with Crippen molar-refractivity contribution in [2.75, 3.05) is 11.6 Å². The number of nitrogens with one attached hydrogen (secondary N) is 1. The van der Waals surface area contributed by atoms with Gasteiger partial charge in [-0.05, 0) is 29.6 Å². The molecule has 0 atom stereocenters. The number of nitrogens with zero attached hydrogens (tertiary/aromatic N) is 3. The van der Waals surface area contributed by atoms with Crippen molar-refractivity contribution in [3.8, 4) is 10.8 Å². The summed E-state index contributed by atoms with van der Waals surface area (Å²) in [6.07, 6.45) is 4.20. The summed E-state index contributed by atoms with van der Waals surface area (Å²) in [7, 11) is -3.31. The maximum Gasteiger partial charge on any atom is 0.236 e. The summed E-state index contributed by atoms with van der Waals surface area (Å²) in [6.45, 7) is 0.393. The molecule has 4 rings (SSSR count). The van der Waals surface area contributed by atoms with Gasteiger partial charge in [0, 0.05) is 11.6 Å². The summed E-state index contributed by atoms with van der Waals surface area (Å²) in [6, 6.07) is 8.67. The summed E-state index contributed by atoms with van der Waals surface area (Å²) in [4.78, 5) is 14.0. The fourth-order valence-corrected chi connectivity index (χ4v) is 3.79. The van der Waals surface area contributed by atoms with Crippen LogP contribution in [0.2, 0.25) is 0 Å². The first-order valence-corrected chi connectivity index (χ1v) is 10.4. The Kier molecular flexibility index (Phi) is 4.17. The highest BCUT2D eigenvalue weighted by atomic mass is 32.2. The van der Waals surface area contributed by atoms with Gasteiger partial charge in [0.1, 0.15) is 18.4 Å². The smallest absolute Gasteiger partial charge is 0.236 e. The quantitative estimate of drug-likeness (QED) is 0.561. The highest BCUT2D eigenvalue weighted by Crippen LogP contribution is 2.25. The number of benzene rings is 1. The van der Waals surface area contributed by atoms with E-state index < -0.39 is 9.84 Å². The molecule has 0 aliphatic carbocycles. The zero-order chi connectivity index (χ0) is 18.1. The lowest BCUT2D eigenvalue weighted by Gasteiger charge is -2.08. The molecule has 4 aromatic rings. The van der Waals surface area contributed by atoms with Gasteiger partial charge in [-0.2, -0.15) is 0 Å². The molecule has 3 heterocycles. The Morgan fingerprint density at radius 3 is 2.88 bits per heavy atom. The maximum absolute atomic E-state index is 11.8. The Bertz CT molecular complexity index is 1170. The van der Waals surface area contributed by atoms with Gasteiger partial charge in [0.2, 0.25) is 5.89 Å². The van der Waals surface area contributed by atoms with Crippen LogP contribution < -0.4 is 5.32 Å². The minimum atomic E-state index is -3.31. The van der Waals surface area contributed by atoms with Gasteiger partial charge in [0.25, 0.3) is 0 Å². The molecule has 1 aromatic carbocycles. The number of anilines is 1. The molecule has 0 aliphatic heterocycles. The van der Waals surface area contributed by atoms with E-state index in [-0.39, 0.29) is 4.90 Å². The molecule has 0 saturated heterocycles. The van der Waals surface area contributed by atoms with Crippen molar-refractivity contribution in [3.05, 3.63) is 54.0 Å². The molecular formula is C17H14N4O3S2. The second-order valence-electron chi connectivity index (χ2n) is 5.65. The first kappa shape index (κ1) is 16.7. The molecule has 0 radical (unpaired) electrons. The Morgan fingerprint density at radius 2 is 2.12 bits per heavy atom. The number of sulfone groups is 1. The minimum Gasteiger partial charge on any atom is -0.443 e. The van der Waals surface area contributed by atoms with Crippen molar-refractivity contribution < 1.29 is 12.8 Å². The highest BCUT2D eigenvalue weighted by Gasteiger charge is 2.12. The third-order valence-electron chi connectivity index (χ3n) is 3.76. The molecule has 0 spiro atoms.